The van der Waals surface area contributed by atoms with Gasteiger partial charge in [-0.15, -0.1) is 0 Å². The molecule has 106 valence electrons. The minimum Gasteiger partial charge on any atom is -0.317 e. The van der Waals surface area contributed by atoms with Crippen molar-refractivity contribution in [3.05, 3.63) is 0 Å². The predicted molar refractivity (Wildman–Crippen MR) is 78.9 cm³/mol. The molecule has 0 radical (unpaired) electrons. The molecule has 1 saturated carbocycles. The van der Waals surface area contributed by atoms with Gasteiger partial charge in [0.25, 0.3) is 0 Å². The highest BCUT2D eigenvalue weighted by atomic mass is 15.2. The lowest BCUT2D eigenvalue weighted by Gasteiger charge is -2.44. The quantitative estimate of drug-likeness (QED) is 0.826. The maximum atomic E-state index is 3.50. The Hall–Kier alpha value is -0.0800. The SMILES string of the molecule is CCCN(C1CCNCC1)C1CCC(C)C(C)C1. The van der Waals surface area contributed by atoms with Crippen molar-refractivity contribution >= 4 is 0 Å². The molecule has 0 spiro atoms. The van der Waals surface area contributed by atoms with Crippen LogP contribution in [0.5, 0.6) is 0 Å². The molecule has 0 aromatic heterocycles. The van der Waals surface area contributed by atoms with Crippen molar-refractivity contribution in [1.82, 2.24) is 10.2 Å². The van der Waals surface area contributed by atoms with E-state index in [9.17, 15) is 0 Å². The molecule has 18 heavy (non-hydrogen) atoms. The zero-order valence-electron chi connectivity index (χ0n) is 12.6. The number of nitrogens with one attached hydrogen (secondary N) is 1. The number of rotatable bonds is 4. The lowest BCUT2D eigenvalue weighted by Crippen LogP contribution is -2.50. The Morgan fingerprint density at radius 3 is 2.28 bits per heavy atom. The summed E-state index contributed by atoms with van der Waals surface area (Å²) in [6.45, 7) is 11.0. The van der Waals surface area contributed by atoms with Crippen molar-refractivity contribution in [1.29, 1.82) is 0 Å². The molecule has 3 atom stereocenters. The van der Waals surface area contributed by atoms with Crippen LogP contribution in [0, 0.1) is 11.8 Å². The molecule has 3 unspecified atom stereocenters. The fourth-order valence-electron chi connectivity index (χ4n) is 3.88. The first-order valence-corrected chi connectivity index (χ1v) is 8.18. The smallest absolute Gasteiger partial charge is 0.0122 e. The second-order valence-corrected chi connectivity index (χ2v) is 6.64. The Morgan fingerprint density at radius 2 is 1.67 bits per heavy atom. The van der Waals surface area contributed by atoms with Crippen molar-refractivity contribution in [3.8, 4) is 0 Å². The van der Waals surface area contributed by atoms with Crippen molar-refractivity contribution in [2.24, 2.45) is 11.8 Å². The number of piperidine rings is 1. The van der Waals surface area contributed by atoms with Crippen molar-refractivity contribution in [3.63, 3.8) is 0 Å². The molecule has 0 bridgehead atoms. The predicted octanol–water partition coefficient (Wildman–Crippen LogP) is 3.28. The van der Waals surface area contributed by atoms with E-state index in [4.69, 9.17) is 0 Å². The molecular formula is C16H32N2. The molecule has 2 fully saturated rings. The summed E-state index contributed by atoms with van der Waals surface area (Å²) in [6, 6.07) is 1.73. The summed E-state index contributed by atoms with van der Waals surface area (Å²) in [4.78, 5) is 2.88. The molecule has 1 saturated heterocycles. The van der Waals surface area contributed by atoms with E-state index in [1.54, 1.807) is 0 Å². The van der Waals surface area contributed by atoms with Crippen molar-refractivity contribution < 1.29 is 0 Å². The Labute approximate surface area is 114 Å². The van der Waals surface area contributed by atoms with Crippen LogP contribution < -0.4 is 5.32 Å². The highest BCUT2D eigenvalue weighted by Gasteiger charge is 2.32. The van der Waals surface area contributed by atoms with E-state index in [0.717, 1.165) is 23.9 Å². The van der Waals surface area contributed by atoms with E-state index in [2.05, 4.69) is 31.0 Å². The van der Waals surface area contributed by atoms with Crippen LogP contribution in [0.2, 0.25) is 0 Å². The maximum Gasteiger partial charge on any atom is 0.0122 e. The number of hydrogen-bond acceptors (Lipinski definition) is 2. The van der Waals surface area contributed by atoms with E-state index in [-0.39, 0.29) is 0 Å². The molecule has 1 aliphatic heterocycles. The normalized spacial score (nSPS) is 35.0. The fraction of sp³-hybridized carbons (Fsp3) is 1.00. The first-order valence-electron chi connectivity index (χ1n) is 8.18. The van der Waals surface area contributed by atoms with Gasteiger partial charge < -0.3 is 5.32 Å². The third-order valence-electron chi connectivity index (χ3n) is 5.30. The van der Waals surface area contributed by atoms with E-state index < -0.39 is 0 Å². The summed E-state index contributed by atoms with van der Waals surface area (Å²) < 4.78 is 0. The Kier molecular flexibility index (Phi) is 5.50. The van der Waals surface area contributed by atoms with Crippen LogP contribution in [0.25, 0.3) is 0 Å². The standard InChI is InChI=1S/C16H32N2/c1-4-11-18(15-7-9-17-10-8-15)16-6-5-13(2)14(3)12-16/h13-17H,4-12H2,1-3H3. The first kappa shape index (κ1) is 14.3. The van der Waals surface area contributed by atoms with Gasteiger partial charge in [0.2, 0.25) is 0 Å². The zero-order valence-corrected chi connectivity index (χ0v) is 12.6. The van der Waals surface area contributed by atoms with E-state index in [1.807, 2.05) is 0 Å². The largest absolute Gasteiger partial charge is 0.317 e. The molecule has 2 heteroatoms. The first-order chi connectivity index (χ1) is 8.72. The topological polar surface area (TPSA) is 15.3 Å². The summed E-state index contributed by atoms with van der Waals surface area (Å²) in [7, 11) is 0. The molecule has 0 aromatic rings. The van der Waals surface area contributed by atoms with Crippen LogP contribution in [-0.4, -0.2) is 36.6 Å². The lowest BCUT2D eigenvalue weighted by atomic mass is 9.78. The minimum atomic E-state index is 0.858. The van der Waals surface area contributed by atoms with Gasteiger partial charge in [-0.2, -0.15) is 0 Å². The van der Waals surface area contributed by atoms with Crippen LogP contribution in [0.1, 0.15) is 59.3 Å². The van der Waals surface area contributed by atoms with Crippen molar-refractivity contribution in [2.75, 3.05) is 19.6 Å². The monoisotopic (exact) mass is 252 g/mol. The number of hydrogen-bond donors (Lipinski definition) is 1. The molecule has 1 aliphatic carbocycles. The Bertz CT molecular complexity index is 235. The minimum absolute atomic E-state index is 0.858. The van der Waals surface area contributed by atoms with Gasteiger partial charge in [0, 0.05) is 12.1 Å². The van der Waals surface area contributed by atoms with Crippen LogP contribution in [-0.2, 0) is 0 Å². The Balaban J connectivity index is 1.95. The molecule has 1 N–H and O–H groups in total. The third-order valence-corrected chi connectivity index (χ3v) is 5.30. The van der Waals surface area contributed by atoms with Gasteiger partial charge in [0.15, 0.2) is 0 Å². The number of nitrogens with zero attached hydrogens (tertiary/aromatic N) is 1. The summed E-state index contributed by atoms with van der Waals surface area (Å²) in [5.74, 6) is 1.86. The summed E-state index contributed by atoms with van der Waals surface area (Å²) in [6.07, 6.45) is 8.35. The second-order valence-electron chi connectivity index (χ2n) is 6.64. The molecular weight excluding hydrogens is 220 g/mol. The average molecular weight is 252 g/mol. The van der Waals surface area contributed by atoms with Crippen LogP contribution in [0.15, 0.2) is 0 Å². The van der Waals surface area contributed by atoms with Gasteiger partial charge in [-0.05, 0) is 70.0 Å². The molecule has 1 heterocycles. The van der Waals surface area contributed by atoms with Gasteiger partial charge in [-0.3, -0.25) is 4.90 Å². The second kappa shape index (κ2) is 6.91. The summed E-state index contributed by atoms with van der Waals surface area (Å²) >= 11 is 0. The van der Waals surface area contributed by atoms with Crippen LogP contribution in [0.3, 0.4) is 0 Å². The molecule has 2 nitrogen and oxygen atoms in total. The van der Waals surface area contributed by atoms with E-state index in [1.165, 1.54) is 58.2 Å². The third kappa shape index (κ3) is 3.48. The highest BCUT2D eigenvalue weighted by Crippen LogP contribution is 2.33. The fourth-order valence-corrected chi connectivity index (χ4v) is 3.88. The van der Waals surface area contributed by atoms with E-state index >= 15 is 0 Å². The molecule has 2 aliphatic rings. The van der Waals surface area contributed by atoms with Crippen LogP contribution >= 0.6 is 0 Å². The molecule has 0 aromatic carbocycles. The van der Waals surface area contributed by atoms with Gasteiger partial charge in [-0.25, -0.2) is 0 Å². The van der Waals surface area contributed by atoms with Gasteiger partial charge in [0.1, 0.15) is 0 Å². The summed E-state index contributed by atoms with van der Waals surface area (Å²) in [5.41, 5.74) is 0. The van der Waals surface area contributed by atoms with Crippen LogP contribution in [0.4, 0.5) is 0 Å². The average Bonchev–Trinajstić information content (AvgIpc) is 2.40. The van der Waals surface area contributed by atoms with Crippen molar-refractivity contribution in [2.45, 2.75) is 71.4 Å². The zero-order chi connectivity index (χ0) is 13.0. The van der Waals surface area contributed by atoms with E-state index in [0.29, 0.717) is 0 Å². The van der Waals surface area contributed by atoms with Gasteiger partial charge in [-0.1, -0.05) is 20.8 Å². The van der Waals surface area contributed by atoms with Gasteiger partial charge >= 0.3 is 0 Å². The summed E-state index contributed by atoms with van der Waals surface area (Å²) in [5, 5.41) is 3.50. The molecule has 2 rings (SSSR count). The lowest BCUT2D eigenvalue weighted by molar-refractivity contribution is 0.0575. The molecule has 0 amide bonds. The highest BCUT2D eigenvalue weighted by molar-refractivity contribution is 4.87. The maximum absolute atomic E-state index is 3.50. The van der Waals surface area contributed by atoms with Gasteiger partial charge in [0.05, 0.1) is 0 Å². The Morgan fingerprint density at radius 1 is 0.944 bits per heavy atom.